The number of esters is 1. The topological polar surface area (TPSA) is 178 Å². The van der Waals surface area contributed by atoms with E-state index >= 15 is 0 Å². The first-order valence-electron chi connectivity index (χ1n) is 26.4. The Labute approximate surface area is 391 Å². The highest BCUT2D eigenvalue weighted by Crippen LogP contribution is 2.26. The molecule has 0 spiro atoms. The zero-order valence-corrected chi connectivity index (χ0v) is 41.7. The lowest BCUT2D eigenvalue weighted by atomic mass is 9.99. The van der Waals surface area contributed by atoms with Crippen molar-refractivity contribution in [3.05, 3.63) is 12.2 Å². The average molecular weight is 935 g/mol. The number of carbonyl (C=O) groups excluding carboxylic acids is 1. The van der Waals surface area contributed by atoms with Gasteiger partial charge in [0, 0.05) is 13.0 Å². The predicted molar refractivity (Wildman–Crippen MR) is 258 cm³/mol. The van der Waals surface area contributed by atoms with Gasteiger partial charge in [-0.25, -0.2) is 4.18 Å². The third-order valence-electron chi connectivity index (χ3n) is 12.4. The number of aliphatic hydroxyl groups excluding tert-OH is 3. The number of hydrogen-bond donors (Lipinski definition) is 4. The molecule has 0 aromatic heterocycles. The number of rotatable bonds is 47. The minimum absolute atomic E-state index is 0.0398. The molecule has 6 unspecified atom stereocenters. The molecule has 0 radical (unpaired) electrons. The second-order valence-electron chi connectivity index (χ2n) is 18.5. The highest BCUT2D eigenvalue weighted by Gasteiger charge is 2.48. The molecular weight excluding hydrogens is 837 g/mol. The van der Waals surface area contributed by atoms with Gasteiger partial charge in [-0.2, -0.15) is 8.42 Å². The summed E-state index contributed by atoms with van der Waals surface area (Å²) in [6.45, 7) is 4.03. The number of unbranched alkanes of at least 4 members (excludes halogenated alkanes) is 32. The van der Waals surface area contributed by atoms with Gasteiger partial charge >= 0.3 is 16.4 Å². The second-order valence-corrected chi connectivity index (χ2v) is 19.5. The summed E-state index contributed by atoms with van der Waals surface area (Å²) in [5.41, 5.74) is 0. The lowest BCUT2D eigenvalue weighted by Crippen LogP contribution is -2.60. The van der Waals surface area contributed by atoms with E-state index in [2.05, 4.69) is 30.2 Å². The number of carbonyl (C=O) groups is 1. The van der Waals surface area contributed by atoms with Crippen LogP contribution in [0.3, 0.4) is 0 Å². The van der Waals surface area contributed by atoms with Crippen molar-refractivity contribution in [1.29, 1.82) is 0 Å². The molecule has 1 fully saturated rings. The van der Waals surface area contributed by atoms with E-state index in [-0.39, 0.29) is 19.6 Å². The monoisotopic (exact) mass is 935 g/mol. The first-order valence-corrected chi connectivity index (χ1v) is 27.8. The van der Waals surface area contributed by atoms with Crippen molar-refractivity contribution in [3.63, 3.8) is 0 Å². The number of hydrogen-bond acceptors (Lipinski definition) is 11. The van der Waals surface area contributed by atoms with Crippen LogP contribution < -0.4 is 0 Å². The molecule has 1 saturated heterocycles. The summed E-state index contributed by atoms with van der Waals surface area (Å²) in [5.74, 6) is -0.394. The predicted octanol–water partition coefficient (Wildman–Crippen LogP) is 12.2. The quantitative estimate of drug-likeness (QED) is 0.0197. The summed E-state index contributed by atoms with van der Waals surface area (Å²) in [6, 6.07) is 0. The molecule has 0 amide bonds. The van der Waals surface area contributed by atoms with E-state index in [1.54, 1.807) is 0 Å². The maximum Gasteiger partial charge on any atom is 0.397 e. The fourth-order valence-electron chi connectivity index (χ4n) is 8.38. The third kappa shape index (κ3) is 36.0. The van der Waals surface area contributed by atoms with E-state index in [9.17, 15) is 33.1 Å². The molecule has 0 saturated carbocycles. The maximum absolute atomic E-state index is 12.9. The lowest BCUT2D eigenvalue weighted by molar-refractivity contribution is -0.301. The van der Waals surface area contributed by atoms with Gasteiger partial charge in [0.25, 0.3) is 0 Å². The number of allylic oxidation sites excluding steroid dienone is 2. The maximum atomic E-state index is 12.9. The van der Waals surface area contributed by atoms with E-state index < -0.39 is 59.8 Å². The van der Waals surface area contributed by atoms with Crippen molar-refractivity contribution < 1.29 is 56.2 Å². The molecule has 64 heavy (non-hydrogen) atoms. The van der Waals surface area contributed by atoms with Crippen LogP contribution in [0.2, 0.25) is 0 Å². The standard InChI is InChI=1S/C51H98O12S/c1-3-5-7-9-11-13-15-17-19-21-23-24-26-28-30-32-34-36-38-40-47(53)61-45(44-60-51-49(55)50(63-64(56,57)58)48(54)46(42-52)62-51)43-59-41-39-37-35-33-31-29-27-25-22-20-18-16-14-12-10-8-6-4-2/h18,20,45-46,48-52,54-55H,3-17,19,21-44H2,1-2H3,(H,56,57,58)/b20-18-. The van der Waals surface area contributed by atoms with Crippen molar-refractivity contribution in [3.8, 4) is 0 Å². The molecule has 0 aliphatic carbocycles. The van der Waals surface area contributed by atoms with Crippen molar-refractivity contribution in [1.82, 2.24) is 0 Å². The molecule has 1 rings (SSSR count). The van der Waals surface area contributed by atoms with Crippen molar-refractivity contribution >= 4 is 16.4 Å². The average Bonchev–Trinajstić information content (AvgIpc) is 3.27. The van der Waals surface area contributed by atoms with Crippen LogP contribution in [0.1, 0.15) is 245 Å². The third-order valence-corrected chi connectivity index (χ3v) is 12.9. The molecule has 0 aromatic carbocycles. The first kappa shape index (κ1) is 60.9. The Morgan fingerprint density at radius 3 is 1.41 bits per heavy atom. The van der Waals surface area contributed by atoms with Crippen LogP contribution in [0.4, 0.5) is 0 Å². The van der Waals surface area contributed by atoms with Crippen molar-refractivity contribution in [2.24, 2.45) is 0 Å². The molecule has 0 aromatic rings. The van der Waals surface area contributed by atoms with Gasteiger partial charge in [-0.3, -0.25) is 9.35 Å². The summed E-state index contributed by atoms with van der Waals surface area (Å²) in [7, 11) is -5.06. The Hall–Kier alpha value is -1.16. The van der Waals surface area contributed by atoms with Gasteiger partial charge in [-0.1, -0.05) is 212 Å². The van der Waals surface area contributed by atoms with E-state index in [4.69, 9.17) is 18.9 Å². The molecule has 13 heteroatoms. The van der Waals surface area contributed by atoms with Crippen LogP contribution in [0, 0.1) is 0 Å². The molecule has 6 atom stereocenters. The van der Waals surface area contributed by atoms with Crippen molar-refractivity contribution in [2.45, 2.75) is 282 Å². The lowest BCUT2D eigenvalue weighted by Gasteiger charge is -2.41. The summed E-state index contributed by atoms with van der Waals surface area (Å²) < 4.78 is 59.3. The van der Waals surface area contributed by atoms with Gasteiger partial charge in [0.1, 0.15) is 30.5 Å². The summed E-state index contributed by atoms with van der Waals surface area (Å²) in [4.78, 5) is 12.9. The van der Waals surface area contributed by atoms with Crippen molar-refractivity contribution in [2.75, 3.05) is 26.4 Å². The second kappa shape index (κ2) is 43.1. The van der Waals surface area contributed by atoms with E-state index in [0.29, 0.717) is 13.0 Å². The minimum atomic E-state index is -5.06. The smallest absolute Gasteiger partial charge is 0.397 e. The van der Waals surface area contributed by atoms with E-state index in [1.165, 1.54) is 180 Å². The Kier molecular flexibility index (Phi) is 41.0. The number of ether oxygens (including phenoxy) is 4. The summed E-state index contributed by atoms with van der Waals surface area (Å²) in [5, 5.41) is 30.8. The zero-order chi connectivity index (χ0) is 46.8. The van der Waals surface area contributed by atoms with Gasteiger partial charge in [-0.05, 0) is 38.5 Å². The molecule has 12 nitrogen and oxygen atoms in total. The molecule has 1 aliphatic rings. The molecule has 4 N–H and O–H groups in total. The largest absolute Gasteiger partial charge is 0.457 e. The SMILES string of the molecule is CCCCCCCC/C=C\CCCCCCCCCCOCC(COC1OC(CO)C(O)C(OS(=O)(=O)O)C1O)OC(=O)CCCCCCCCCCCCCCCCCCCCC. The highest BCUT2D eigenvalue weighted by molar-refractivity contribution is 7.80. The fourth-order valence-corrected chi connectivity index (χ4v) is 8.88. The molecule has 0 bridgehead atoms. The summed E-state index contributed by atoms with van der Waals surface area (Å²) >= 11 is 0. The fraction of sp³-hybridized carbons (Fsp3) is 0.941. The zero-order valence-electron chi connectivity index (χ0n) is 40.9. The van der Waals surface area contributed by atoms with Gasteiger partial charge < -0.3 is 34.3 Å². The minimum Gasteiger partial charge on any atom is -0.457 e. The van der Waals surface area contributed by atoms with Gasteiger partial charge in [0.15, 0.2) is 6.29 Å². The Morgan fingerprint density at radius 1 is 0.578 bits per heavy atom. The normalized spacial score (nSPS) is 19.8. The molecule has 1 heterocycles. The van der Waals surface area contributed by atoms with Gasteiger partial charge in [-0.15, -0.1) is 0 Å². The molecule has 1 aliphatic heterocycles. The molecule has 380 valence electrons. The van der Waals surface area contributed by atoms with Gasteiger partial charge in [0.05, 0.1) is 19.8 Å². The van der Waals surface area contributed by atoms with Crippen LogP contribution in [0.5, 0.6) is 0 Å². The van der Waals surface area contributed by atoms with E-state index in [1.807, 2.05) is 0 Å². The Bertz CT molecular complexity index is 1170. The first-order chi connectivity index (χ1) is 31.1. The van der Waals surface area contributed by atoms with Crippen LogP contribution in [0.15, 0.2) is 12.2 Å². The van der Waals surface area contributed by atoms with Crippen LogP contribution in [0.25, 0.3) is 0 Å². The van der Waals surface area contributed by atoms with Crippen LogP contribution >= 0.6 is 0 Å². The van der Waals surface area contributed by atoms with Crippen LogP contribution in [-0.2, 0) is 38.3 Å². The number of aliphatic hydroxyl groups is 3. The summed E-state index contributed by atoms with van der Waals surface area (Å²) in [6.07, 6.45) is 39.5. The Balaban J connectivity index is 2.34. The highest BCUT2D eigenvalue weighted by atomic mass is 32.3. The Morgan fingerprint density at radius 2 is 0.984 bits per heavy atom. The molecular formula is C51H98O12S. The van der Waals surface area contributed by atoms with Crippen LogP contribution in [-0.4, -0.2) is 97.5 Å². The van der Waals surface area contributed by atoms with E-state index in [0.717, 1.165) is 38.5 Å². The van der Waals surface area contributed by atoms with Gasteiger partial charge in [0.2, 0.25) is 0 Å².